The number of aliphatic hydroxyl groups excluding tert-OH is 1. The van der Waals surface area contributed by atoms with Gasteiger partial charge in [-0.2, -0.15) is 0 Å². The van der Waals surface area contributed by atoms with Crippen LogP contribution in [0.15, 0.2) is 72.6 Å². The van der Waals surface area contributed by atoms with Crippen LogP contribution in [0.5, 0.6) is 0 Å². The van der Waals surface area contributed by atoms with E-state index < -0.39 is 0 Å². The van der Waals surface area contributed by atoms with Crippen molar-refractivity contribution in [3.05, 3.63) is 112 Å². The van der Waals surface area contributed by atoms with Crippen LogP contribution in [0.2, 0.25) is 0 Å². The summed E-state index contributed by atoms with van der Waals surface area (Å²) in [5.74, 6) is 0.547. The molecule has 1 heterocycles. The summed E-state index contributed by atoms with van der Waals surface area (Å²) in [6, 6.07) is 23.8. The minimum atomic E-state index is 0. The van der Waals surface area contributed by atoms with Crippen molar-refractivity contribution in [2.45, 2.75) is 92.9 Å². The normalized spacial score (nSPS) is 14.7. The third-order valence-corrected chi connectivity index (χ3v) is 10.2. The molecule has 1 radical (unpaired) electrons. The fraction of sp³-hybridized carbons (Fsp3) is 0.415. The number of aryl methyl sites for hydroxylation is 2. The van der Waals surface area contributed by atoms with Crippen molar-refractivity contribution >= 4 is 16.6 Å². The van der Waals surface area contributed by atoms with E-state index in [2.05, 4.69) is 74.5 Å². The molecule has 3 aromatic carbocycles. The van der Waals surface area contributed by atoms with E-state index in [0.717, 1.165) is 44.2 Å². The molecule has 239 valence electrons. The van der Waals surface area contributed by atoms with E-state index in [-0.39, 0.29) is 43.5 Å². The second-order valence-electron chi connectivity index (χ2n) is 13.1. The smallest absolute Gasteiger partial charge is 0.162 e. The van der Waals surface area contributed by atoms with E-state index in [4.69, 9.17) is 4.98 Å². The molecule has 4 aromatic rings. The van der Waals surface area contributed by atoms with Crippen molar-refractivity contribution in [3.8, 4) is 11.3 Å². The molecule has 6 rings (SSSR count). The molecule has 1 aromatic heterocycles. The minimum Gasteiger partial charge on any atom is -0.512 e. The maximum Gasteiger partial charge on any atom is 0.162 e. The fourth-order valence-corrected chi connectivity index (χ4v) is 7.37. The molecule has 3 nitrogen and oxygen atoms in total. The summed E-state index contributed by atoms with van der Waals surface area (Å²) in [6.45, 7) is 12.4. The van der Waals surface area contributed by atoms with Crippen molar-refractivity contribution in [1.82, 2.24) is 4.98 Å². The van der Waals surface area contributed by atoms with Gasteiger partial charge in [0.05, 0.1) is 5.76 Å². The van der Waals surface area contributed by atoms with Crippen LogP contribution >= 0.6 is 0 Å². The Balaban J connectivity index is 0.000000249. The van der Waals surface area contributed by atoms with Crippen LogP contribution < -0.4 is 0 Å². The van der Waals surface area contributed by atoms with E-state index in [1.807, 2.05) is 33.9 Å². The number of carbonyl (C=O) groups excluding carboxylic acids is 1. The van der Waals surface area contributed by atoms with Crippen LogP contribution in [0.25, 0.3) is 22.0 Å². The Morgan fingerprint density at radius 2 is 1.42 bits per heavy atom. The van der Waals surface area contributed by atoms with E-state index in [0.29, 0.717) is 5.41 Å². The Hall–Kier alpha value is -3.07. The molecule has 0 unspecified atom stereocenters. The molecule has 0 atom stereocenters. The monoisotopic (exact) mass is 779 g/mol. The number of nitrogens with zero attached hydrogens (tertiary/aromatic N) is 1. The molecule has 0 aliphatic heterocycles. The fourth-order valence-electron chi connectivity index (χ4n) is 7.37. The average Bonchev–Trinajstić information content (AvgIpc) is 3.58. The maximum atomic E-state index is 11.7. The van der Waals surface area contributed by atoms with Gasteiger partial charge in [0.2, 0.25) is 0 Å². The first kappa shape index (κ1) is 34.8. The Kier molecular flexibility index (Phi) is 11.6. The summed E-state index contributed by atoms with van der Waals surface area (Å²) >= 11 is 0. The molecule has 0 saturated carbocycles. The third-order valence-electron chi connectivity index (χ3n) is 10.2. The van der Waals surface area contributed by atoms with Gasteiger partial charge in [-0.1, -0.05) is 92.7 Å². The number of aromatic nitrogens is 1. The molecule has 0 fully saturated rings. The number of allylic oxidation sites excluding steroid dienone is 2. The minimum absolute atomic E-state index is 0. The van der Waals surface area contributed by atoms with Crippen molar-refractivity contribution in [2.24, 2.45) is 17.3 Å². The zero-order valence-corrected chi connectivity index (χ0v) is 30.2. The molecule has 45 heavy (non-hydrogen) atoms. The van der Waals surface area contributed by atoms with Gasteiger partial charge in [0.15, 0.2) is 5.78 Å². The van der Waals surface area contributed by atoms with Gasteiger partial charge >= 0.3 is 0 Å². The summed E-state index contributed by atoms with van der Waals surface area (Å²) in [5, 5.41) is 12.4. The Morgan fingerprint density at radius 3 is 2.02 bits per heavy atom. The summed E-state index contributed by atoms with van der Waals surface area (Å²) < 4.78 is 0. The maximum absolute atomic E-state index is 11.7. The summed E-state index contributed by atoms with van der Waals surface area (Å²) in [4.78, 5) is 16.5. The third kappa shape index (κ3) is 7.34. The van der Waals surface area contributed by atoms with E-state index in [1.165, 1.54) is 57.5 Å². The first-order valence-corrected chi connectivity index (χ1v) is 16.6. The van der Waals surface area contributed by atoms with Crippen molar-refractivity contribution in [1.29, 1.82) is 0 Å². The molecule has 1 N–H and O–H groups in total. The largest absolute Gasteiger partial charge is 0.512 e. The molecule has 2 aliphatic rings. The molecule has 0 saturated heterocycles. The molecule has 1 spiro atoms. The number of hydrogen-bond donors (Lipinski definition) is 1. The van der Waals surface area contributed by atoms with Crippen LogP contribution in [0.3, 0.4) is 0 Å². The summed E-state index contributed by atoms with van der Waals surface area (Å²) in [6.07, 6.45) is 11.6. The van der Waals surface area contributed by atoms with Crippen LogP contribution in [-0.2, 0) is 50.6 Å². The number of hydrogen-bond acceptors (Lipinski definition) is 3. The number of fused-ring (bicyclic) bond motifs is 4. The first-order chi connectivity index (χ1) is 21.2. The molecular formula is C41H48IrNO2-. The topological polar surface area (TPSA) is 50.2 Å². The number of ketones is 1. The van der Waals surface area contributed by atoms with E-state index >= 15 is 0 Å². The predicted molar refractivity (Wildman–Crippen MR) is 183 cm³/mol. The first-order valence-electron chi connectivity index (χ1n) is 16.6. The summed E-state index contributed by atoms with van der Waals surface area (Å²) in [5.41, 5.74) is 11.2. The molecular weight excluding hydrogens is 731 g/mol. The zero-order chi connectivity index (χ0) is 31.4. The van der Waals surface area contributed by atoms with Gasteiger partial charge in [-0.25, -0.2) is 0 Å². The van der Waals surface area contributed by atoms with Crippen LogP contribution in [-0.4, -0.2) is 15.9 Å². The SMILES string of the molecule is CCC(CC)C(=O)/C=C(\O)C(CC)CC.Cc1cnc(-c2[c-]c3ccccc3c3c2CC2(Cc4ccccc4C2)C3)cc1C.[Ir]. The molecule has 4 heteroatoms. The zero-order valence-electron chi connectivity index (χ0n) is 27.8. The predicted octanol–water partition coefficient (Wildman–Crippen LogP) is 10.1. The van der Waals surface area contributed by atoms with Crippen molar-refractivity contribution in [3.63, 3.8) is 0 Å². The van der Waals surface area contributed by atoms with Crippen LogP contribution in [0, 0.1) is 37.2 Å². The number of rotatable bonds is 8. The van der Waals surface area contributed by atoms with Crippen molar-refractivity contribution in [2.75, 3.05) is 0 Å². The Labute approximate surface area is 283 Å². The molecule has 2 aliphatic carbocycles. The van der Waals surface area contributed by atoms with Gasteiger partial charge in [0.1, 0.15) is 0 Å². The molecule has 0 bridgehead atoms. The van der Waals surface area contributed by atoms with E-state index in [9.17, 15) is 9.90 Å². The van der Waals surface area contributed by atoms with Crippen LogP contribution in [0.4, 0.5) is 0 Å². The van der Waals surface area contributed by atoms with Gasteiger partial charge in [-0.05, 0) is 87.3 Å². The Bertz CT molecular complexity index is 1650. The van der Waals surface area contributed by atoms with Crippen LogP contribution in [0.1, 0.15) is 86.8 Å². The van der Waals surface area contributed by atoms with Gasteiger partial charge in [0.25, 0.3) is 0 Å². The van der Waals surface area contributed by atoms with Crippen molar-refractivity contribution < 1.29 is 30.0 Å². The quantitative estimate of drug-likeness (QED) is 0.110. The van der Waals surface area contributed by atoms with Gasteiger partial charge in [-0.15, -0.1) is 28.6 Å². The number of carbonyl (C=O) groups is 1. The van der Waals surface area contributed by atoms with Gasteiger partial charge in [-0.3, -0.25) is 9.78 Å². The van der Waals surface area contributed by atoms with Gasteiger partial charge in [0, 0.05) is 49.9 Å². The van der Waals surface area contributed by atoms with E-state index in [1.54, 1.807) is 11.1 Å². The second kappa shape index (κ2) is 15.0. The number of benzene rings is 3. The Morgan fingerprint density at radius 1 is 0.844 bits per heavy atom. The average molecular weight is 779 g/mol. The van der Waals surface area contributed by atoms with Gasteiger partial charge < -0.3 is 5.11 Å². The standard InChI is InChI=1S/C28H24N.C13H24O2.Ir/c1-18-11-27(29-17-19(18)2)24-12-20-7-5-6-10-23(20)25-15-28(16-26(24)25)13-21-8-3-4-9-22(21)14-28;1-5-10(6-2)12(14)9-13(15)11(7-3)8-4;/h3-11,17H,13-16H2,1-2H3;9-11,14H,5-8H2,1-4H3;/q-1;;/b;12-9-;. The number of pyridine rings is 1. The molecule has 0 amide bonds. The number of aliphatic hydroxyl groups is 1. The second-order valence-corrected chi connectivity index (χ2v) is 13.1. The summed E-state index contributed by atoms with van der Waals surface area (Å²) in [7, 11) is 0.